The molecule has 1 aromatic carbocycles. The minimum atomic E-state index is 0.588. The van der Waals surface area contributed by atoms with E-state index in [4.69, 9.17) is 16.3 Å². The molecule has 18 heavy (non-hydrogen) atoms. The summed E-state index contributed by atoms with van der Waals surface area (Å²) in [7, 11) is 3.44. The normalized spacial score (nSPS) is 9.94. The van der Waals surface area contributed by atoms with Gasteiger partial charge in [0.1, 0.15) is 5.75 Å². The maximum Gasteiger partial charge on any atom is 0.139 e. The Morgan fingerprint density at radius 3 is 2.61 bits per heavy atom. The molecule has 4 nitrogen and oxygen atoms in total. The average Bonchev–Trinajstić information content (AvgIpc) is 2.41. The molecule has 0 aliphatic heterocycles. The van der Waals surface area contributed by atoms with E-state index in [-0.39, 0.29) is 0 Å². The lowest BCUT2D eigenvalue weighted by Crippen LogP contribution is -1.95. The van der Waals surface area contributed by atoms with E-state index >= 15 is 0 Å². The fourth-order valence-electron chi connectivity index (χ4n) is 1.55. The van der Waals surface area contributed by atoms with E-state index in [0.29, 0.717) is 10.8 Å². The van der Waals surface area contributed by atoms with Crippen molar-refractivity contribution in [1.29, 1.82) is 0 Å². The second kappa shape index (κ2) is 5.60. The van der Waals surface area contributed by atoms with Crippen molar-refractivity contribution in [1.82, 2.24) is 4.98 Å². The molecule has 2 N–H and O–H groups in total. The van der Waals surface area contributed by atoms with Gasteiger partial charge < -0.3 is 15.4 Å². The SMILES string of the molecule is CNc1cncc(Nc2ccc(Cl)c(OC)c2)c1. The predicted octanol–water partition coefficient (Wildman–Crippen LogP) is 3.53. The number of hydrogen-bond acceptors (Lipinski definition) is 4. The molecule has 0 amide bonds. The molecule has 0 radical (unpaired) electrons. The first-order valence-corrected chi connectivity index (χ1v) is 5.84. The molecule has 0 aliphatic rings. The van der Waals surface area contributed by atoms with E-state index in [1.807, 2.05) is 25.2 Å². The third-order valence-corrected chi connectivity index (χ3v) is 2.78. The first-order valence-electron chi connectivity index (χ1n) is 5.46. The van der Waals surface area contributed by atoms with Crippen LogP contribution in [0.4, 0.5) is 17.1 Å². The molecule has 5 heteroatoms. The number of hydrogen-bond donors (Lipinski definition) is 2. The van der Waals surface area contributed by atoms with Crippen LogP contribution in [-0.2, 0) is 0 Å². The number of anilines is 3. The van der Waals surface area contributed by atoms with Crippen molar-refractivity contribution in [2.45, 2.75) is 0 Å². The molecule has 2 aromatic rings. The monoisotopic (exact) mass is 263 g/mol. The van der Waals surface area contributed by atoms with Gasteiger partial charge in [-0.3, -0.25) is 4.98 Å². The lowest BCUT2D eigenvalue weighted by atomic mass is 10.3. The van der Waals surface area contributed by atoms with Crippen LogP contribution in [0.3, 0.4) is 0 Å². The van der Waals surface area contributed by atoms with Crippen molar-refractivity contribution in [2.75, 3.05) is 24.8 Å². The van der Waals surface area contributed by atoms with Crippen LogP contribution in [0, 0.1) is 0 Å². The Bertz CT molecular complexity index is 546. The third kappa shape index (κ3) is 2.84. The van der Waals surface area contributed by atoms with Gasteiger partial charge in [-0.05, 0) is 18.2 Å². The fourth-order valence-corrected chi connectivity index (χ4v) is 1.74. The van der Waals surface area contributed by atoms with Gasteiger partial charge in [0.25, 0.3) is 0 Å². The molecule has 0 saturated heterocycles. The number of nitrogens with zero attached hydrogens (tertiary/aromatic N) is 1. The lowest BCUT2D eigenvalue weighted by molar-refractivity contribution is 0.415. The summed E-state index contributed by atoms with van der Waals surface area (Å²) in [6.07, 6.45) is 3.51. The predicted molar refractivity (Wildman–Crippen MR) is 75.1 cm³/mol. The van der Waals surface area contributed by atoms with Crippen LogP contribution in [-0.4, -0.2) is 19.1 Å². The minimum absolute atomic E-state index is 0.588. The van der Waals surface area contributed by atoms with E-state index in [1.165, 1.54) is 0 Å². The number of halogens is 1. The van der Waals surface area contributed by atoms with Gasteiger partial charge >= 0.3 is 0 Å². The Morgan fingerprint density at radius 2 is 1.89 bits per heavy atom. The van der Waals surface area contributed by atoms with Crippen molar-refractivity contribution >= 4 is 28.7 Å². The molecular formula is C13H14ClN3O. The zero-order chi connectivity index (χ0) is 13.0. The Labute approximate surface area is 111 Å². The lowest BCUT2D eigenvalue weighted by Gasteiger charge is -2.10. The summed E-state index contributed by atoms with van der Waals surface area (Å²) in [6, 6.07) is 7.48. The van der Waals surface area contributed by atoms with Crippen LogP contribution >= 0.6 is 11.6 Å². The topological polar surface area (TPSA) is 46.2 Å². The number of rotatable bonds is 4. The summed E-state index contributed by atoms with van der Waals surface area (Å²) in [6.45, 7) is 0. The Hall–Kier alpha value is -1.94. The third-order valence-electron chi connectivity index (χ3n) is 2.47. The molecule has 94 valence electrons. The van der Waals surface area contributed by atoms with Gasteiger partial charge in [-0.1, -0.05) is 11.6 Å². The van der Waals surface area contributed by atoms with Gasteiger partial charge in [-0.25, -0.2) is 0 Å². The van der Waals surface area contributed by atoms with Crippen molar-refractivity contribution in [3.8, 4) is 5.75 Å². The Morgan fingerprint density at radius 1 is 1.11 bits per heavy atom. The van der Waals surface area contributed by atoms with Gasteiger partial charge in [0.05, 0.1) is 35.9 Å². The summed E-state index contributed by atoms with van der Waals surface area (Å²) in [5.74, 6) is 0.638. The van der Waals surface area contributed by atoms with E-state index in [9.17, 15) is 0 Å². The van der Waals surface area contributed by atoms with Crippen molar-refractivity contribution < 1.29 is 4.74 Å². The van der Waals surface area contributed by atoms with Gasteiger partial charge in [0, 0.05) is 18.8 Å². The van der Waals surface area contributed by atoms with Crippen LogP contribution < -0.4 is 15.4 Å². The smallest absolute Gasteiger partial charge is 0.139 e. The van der Waals surface area contributed by atoms with Gasteiger partial charge in [0.15, 0.2) is 0 Å². The first kappa shape index (κ1) is 12.5. The zero-order valence-corrected chi connectivity index (χ0v) is 11.0. The van der Waals surface area contributed by atoms with E-state index in [2.05, 4.69) is 15.6 Å². The van der Waals surface area contributed by atoms with Crippen molar-refractivity contribution in [3.05, 3.63) is 41.7 Å². The number of pyridine rings is 1. The quantitative estimate of drug-likeness (QED) is 0.886. The number of benzene rings is 1. The van der Waals surface area contributed by atoms with E-state index in [1.54, 1.807) is 25.6 Å². The minimum Gasteiger partial charge on any atom is -0.495 e. The summed E-state index contributed by atoms with van der Waals surface area (Å²) in [5.41, 5.74) is 2.73. The maximum atomic E-state index is 5.97. The largest absolute Gasteiger partial charge is 0.495 e. The molecule has 0 atom stereocenters. The van der Waals surface area contributed by atoms with Crippen molar-refractivity contribution in [2.24, 2.45) is 0 Å². The van der Waals surface area contributed by atoms with Gasteiger partial charge in [-0.15, -0.1) is 0 Å². The Balaban J connectivity index is 2.22. The van der Waals surface area contributed by atoms with Crippen LogP contribution in [0.5, 0.6) is 5.75 Å². The summed E-state index contributed by atoms with van der Waals surface area (Å²) in [5, 5.41) is 6.86. The second-order valence-electron chi connectivity index (χ2n) is 3.69. The average molecular weight is 264 g/mol. The zero-order valence-electron chi connectivity index (χ0n) is 10.2. The van der Waals surface area contributed by atoms with Crippen LogP contribution in [0.2, 0.25) is 5.02 Å². The number of ether oxygens (including phenoxy) is 1. The van der Waals surface area contributed by atoms with E-state index in [0.717, 1.165) is 17.1 Å². The highest BCUT2D eigenvalue weighted by molar-refractivity contribution is 6.32. The molecule has 2 rings (SSSR count). The van der Waals surface area contributed by atoms with Gasteiger partial charge in [0.2, 0.25) is 0 Å². The van der Waals surface area contributed by atoms with Crippen molar-refractivity contribution in [3.63, 3.8) is 0 Å². The number of aromatic nitrogens is 1. The van der Waals surface area contributed by atoms with Crippen LogP contribution in [0.25, 0.3) is 0 Å². The highest BCUT2D eigenvalue weighted by Crippen LogP contribution is 2.29. The Kier molecular flexibility index (Phi) is 3.89. The molecule has 0 saturated carbocycles. The number of nitrogens with one attached hydrogen (secondary N) is 2. The molecular weight excluding hydrogens is 250 g/mol. The highest BCUT2D eigenvalue weighted by Gasteiger charge is 2.02. The summed E-state index contributed by atoms with van der Waals surface area (Å²) < 4.78 is 5.17. The fraction of sp³-hybridized carbons (Fsp3) is 0.154. The summed E-state index contributed by atoms with van der Waals surface area (Å²) >= 11 is 5.97. The van der Waals surface area contributed by atoms with Crippen LogP contribution in [0.15, 0.2) is 36.7 Å². The summed E-state index contributed by atoms with van der Waals surface area (Å²) in [4.78, 5) is 4.13. The molecule has 0 fully saturated rings. The molecule has 0 aliphatic carbocycles. The molecule has 0 spiro atoms. The first-order chi connectivity index (χ1) is 8.72. The van der Waals surface area contributed by atoms with Gasteiger partial charge in [-0.2, -0.15) is 0 Å². The maximum absolute atomic E-state index is 5.97. The standard InChI is InChI=1S/C13H14ClN3O/c1-15-10-5-11(8-16-7-10)17-9-3-4-12(14)13(6-9)18-2/h3-8,15,17H,1-2H3. The molecule has 1 aromatic heterocycles. The molecule has 0 bridgehead atoms. The molecule has 1 heterocycles. The van der Waals surface area contributed by atoms with E-state index < -0.39 is 0 Å². The highest BCUT2D eigenvalue weighted by atomic mass is 35.5. The van der Waals surface area contributed by atoms with Crippen LogP contribution in [0.1, 0.15) is 0 Å². The second-order valence-corrected chi connectivity index (χ2v) is 4.09. The number of methoxy groups -OCH3 is 1. The molecule has 0 unspecified atom stereocenters.